The van der Waals surface area contributed by atoms with Gasteiger partial charge in [-0.05, 0) is 98.7 Å². The molecule has 7 heteroatoms. The number of aliphatic hydroxyl groups is 3. The highest BCUT2D eigenvalue weighted by molar-refractivity contribution is 5.66. The normalized spacial score (nSPS) is 46.1. The van der Waals surface area contributed by atoms with Gasteiger partial charge in [-0.25, -0.2) is 0 Å². The van der Waals surface area contributed by atoms with Crippen LogP contribution >= 0.6 is 0 Å². The van der Waals surface area contributed by atoms with E-state index in [2.05, 4.69) is 46.9 Å². The standard InChI is InChI=1S/C33H59NO6/c1-10-12-23-33(19-32(33)14-13-24(36)29(5,6)18-32)16-15-31(9,11-2)25-20(3)17-22(40-26(25)28(37)34-23)27(30(7,8)38)39-21(4)35/h20,22-28,34,36-38H,10-19H2,1-9H3/t20-,22?,23-,24+,25?,26?,27+,28?,31-,32+,33+/m1/s1. The highest BCUT2D eigenvalue weighted by Gasteiger charge is 2.72. The van der Waals surface area contributed by atoms with Gasteiger partial charge in [-0.3, -0.25) is 10.1 Å². The summed E-state index contributed by atoms with van der Waals surface area (Å²) in [5, 5.41) is 37.5. The zero-order valence-electron chi connectivity index (χ0n) is 26.8. The molecule has 4 fully saturated rings. The van der Waals surface area contributed by atoms with Crippen molar-refractivity contribution in [3.05, 3.63) is 0 Å². The maximum Gasteiger partial charge on any atom is 0.303 e. The minimum Gasteiger partial charge on any atom is -0.457 e. The topological polar surface area (TPSA) is 108 Å². The number of hydrogen-bond acceptors (Lipinski definition) is 7. The maximum atomic E-state index is 12.0. The van der Waals surface area contributed by atoms with Crippen LogP contribution < -0.4 is 5.32 Å². The third-order valence-corrected chi connectivity index (χ3v) is 12.1. The fraction of sp³-hybridized carbons (Fsp3) is 0.970. The molecule has 0 aromatic heterocycles. The Labute approximate surface area is 243 Å². The van der Waals surface area contributed by atoms with Crippen molar-refractivity contribution in [3.63, 3.8) is 0 Å². The van der Waals surface area contributed by atoms with Crippen molar-refractivity contribution in [2.24, 2.45) is 33.5 Å². The Hall–Kier alpha value is -0.730. The number of carbonyl (C=O) groups is 1. The molecular formula is C33H59NO6. The zero-order chi connectivity index (χ0) is 29.9. The monoisotopic (exact) mass is 565 g/mol. The van der Waals surface area contributed by atoms with E-state index in [1.54, 1.807) is 13.8 Å². The number of nitrogens with one attached hydrogen (secondary N) is 1. The molecule has 0 aromatic carbocycles. The van der Waals surface area contributed by atoms with Gasteiger partial charge < -0.3 is 24.8 Å². The number of esters is 1. The smallest absolute Gasteiger partial charge is 0.303 e. The van der Waals surface area contributed by atoms with Gasteiger partial charge in [0, 0.05) is 13.0 Å². The molecule has 4 rings (SSSR count). The van der Waals surface area contributed by atoms with Crippen molar-refractivity contribution < 1.29 is 29.6 Å². The van der Waals surface area contributed by atoms with Gasteiger partial charge in [0.1, 0.15) is 12.3 Å². The van der Waals surface area contributed by atoms with Crippen LogP contribution in [0, 0.1) is 33.5 Å². The summed E-state index contributed by atoms with van der Waals surface area (Å²) in [7, 11) is 0. The summed E-state index contributed by atoms with van der Waals surface area (Å²) >= 11 is 0. The molecule has 2 saturated heterocycles. The molecule has 2 saturated carbocycles. The third-order valence-electron chi connectivity index (χ3n) is 12.1. The van der Waals surface area contributed by atoms with Crippen molar-refractivity contribution in [3.8, 4) is 0 Å². The average Bonchev–Trinajstić information content (AvgIpc) is 3.47. The Morgan fingerprint density at radius 3 is 2.35 bits per heavy atom. The lowest BCUT2D eigenvalue weighted by molar-refractivity contribution is -0.236. The molecule has 40 heavy (non-hydrogen) atoms. The summed E-state index contributed by atoms with van der Waals surface area (Å²) in [5.41, 5.74) is -1.12. The minimum absolute atomic E-state index is 0.0367. The number of ether oxygens (including phenoxy) is 2. The van der Waals surface area contributed by atoms with Crippen LogP contribution in [0.25, 0.3) is 0 Å². The minimum atomic E-state index is -1.28. The van der Waals surface area contributed by atoms with Crippen molar-refractivity contribution in [1.82, 2.24) is 5.32 Å². The van der Waals surface area contributed by atoms with Crippen LogP contribution in [0.2, 0.25) is 0 Å². The fourth-order valence-corrected chi connectivity index (χ4v) is 9.82. The number of aliphatic hydroxyl groups excluding tert-OH is 2. The lowest BCUT2D eigenvalue weighted by atomic mass is 9.60. The van der Waals surface area contributed by atoms with Gasteiger partial charge in [-0.2, -0.15) is 0 Å². The van der Waals surface area contributed by atoms with Gasteiger partial charge >= 0.3 is 5.97 Å². The zero-order valence-corrected chi connectivity index (χ0v) is 26.8. The molecule has 0 aromatic rings. The van der Waals surface area contributed by atoms with E-state index in [1.165, 1.54) is 6.92 Å². The fourth-order valence-electron chi connectivity index (χ4n) is 9.82. The number of carbonyl (C=O) groups excluding carboxylic acids is 1. The molecule has 232 valence electrons. The van der Waals surface area contributed by atoms with Gasteiger partial charge in [-0.1, -0.05) is 54.4 Å². The molecule has 2 heterocycles. The lowest BCUT2D eigenvalue weighted by Crippen LogP contribution is -2.61. The Morgan fingerprint density at radius 1 is 1.12 bits per heavy atom. The summed E-state index contributed by atoms with van der Waals surface area (Å²) in [5.74, 6) is -0.115. The van der Waals surface area contributed by atoms with Gasteiger partial charge in [0.25, 0.3) is 0 Å². The van der Waals surface area contributed by atoms with E-state index in [0.29, 0.717) is 6.42 Å². The number of fused-ring (bicyclic) bond motifs is 2. The average molecular weight is 566 g/mol. The second-order valence-electron chi connectivity index (χ2n) is 15.9. The van der Waals surface area contributed by atoms with Crippen molar-refractivity contribution >= 4 is 5.97 Å². The predicted molar refractivity (Wildman–Crippen MR) is 156 cm³/mol. The predicted octanol–water partition coefficient (Wildman–Crippen LogP) is 5.33. The molecule has 2 spiro atoms. The van der Waals surface area contributed by atoms with Crippen LogP contribution in [0.15, 0.2) is 0 Å². The summed E-state index contributed by atoms with van der Waals surface area (Å²) in [6.07, 6.45) is 7.00. The van der Waals surface area contributed by atoms with Crippen LogP contribution in [-0.4, -0.2) is 63.6 Å². The Kier molecular flexibility index (Phi) is 8.92. The highest BCUT2D eigenvalue weighted by atomic mass is 16.6. The summed E-state index contributed by atoms with van der Waals surface area (Å²) in [4.78, 5) is 12.0. The van der Waals surface area contributed by atoms with E-state index >= 15 is 0 Å². The van der Waals surface area contributed by atoms with Crippen LogP contribution in [0.5, 0.6) is 0 Å². The number of rotatable bonds is 6. The van der Waals surface area contributed by atoms with E-state index in [9.17, 15) is 20.1 Å². The molecule has 0 radical (unpaired) electrons. The largest absolute Gasteiger partial charge is 0.457 e. The molecular weight excluding hydrogens is 506 g/mol. The van der Waals surface area contributed by atoms with Gasteiger partial charge in [0.2, 0.25) is 0 Å². The first kappa shape index (κ1) is 32.2. The lowest BCUT2D eigenvalue weighted by Gasteiger charge is -2.52. The quantitative estimate of drug-likeness (QED) is 0.322. The van der Waals surface area contributed by atoms with Crippen molar-refractivity contribution in [2.45, 2.75) is 169 Å². The SMILES string of the molecule is CCC[C@H]1NC(O)C2OC([C@H](OC(C)=O)C(C)(C)O)C[C@@H](C)C2[C@](C)(CC)CC[C@]12C[C@@]21CC[C@H](O)C(C)(C)C1. The first-order valence-corrected chi connectivity index (χ1v) is 16.1. The summed E-state index contributed by atoms with van der Waals surface area (Å²) in [6.45, 7) is 18.2. The Morgan fingerprint density at radius 2 is 1.80 bits per heavy atom. The van der Waals surface area contributed by atoms with E-state index in [4.69, 9.17) is 9.47 Å². The first-order valence-electron chi connectivity index (χ1n) is 16.1. The highest BCUT2D eigenvalue weighted by Crippen LogP contribution is 2.77. The second-order valence-corrected chi connectivity index (χ2v) is 15.9. The van der Waals surface area contributed by atoms with Crippen LogP contribution in [-0.2, 0) is 14.3 Å². The summed E-state index contributed by atoms with van der Waals surface area (Å²) in [6, 6.07) is 0.163. The summed E-state index contributed by atoms with van der Waals surface area (Å²) < 4.78 is 12.4. The third kappa shape index (κ3) is 5.64. The van der Waals surface area contributed by atoms with Gasteiger partial charge in [-0.15, -0.1) is 0 Å². The molecule has 2 aliphatic heterocycles. The molecule has 7 nitrogen and oxygen atoms in total. The molecule has 0 amide bonds. The molecule has 2 aliphatic carbocycles. The van der Waals surface area contributed by atoms with E-state index in [-0.39, 0.29) is 45.6 Å². The molecule has 4 N–H and O–H groups in total. The molecule has 0 bridgehead atoms. The van der Waals surface area contributed by atoms with Gasteiger partial charge in [0.15, 0.2) is 6.10 Å². The van der Waals surface area contributed by atoms with Crippen LogP contribution in [0.4, 0.5) is 0 Å². The molecule has 4 unspecified atom stereocenters. The van der Waals surface area contributed by atoms with E-state index in [1.807, 2.05) is 0 Å². The second kappa shape index (κ2) is 11.1. The van der Waals surface area contributed by atoms with E-state index < -0.39 is 36.1 Å². The Balaban J connectivity index is 1.71. The van der Waals surface area contributed by atoms with Crippen molar-refractivity contribution in [1.29, 1.82) is 0 Å². The molecule has 11 atom stereocenters. The first-order chi connectivity index (χ1) is 18.4. The Bertz CT molecular complexity index is 917. The maximum absolute atomic E-state index is 12.0. The van der Waals surface area contributed by atoms with E-state index in [0.717, 1.165) is 57.8 Å². The van der Waals surface area contributed by atoms with Crippen LogP contribution in [0.1, 0.15) is 127 Å². The molecule has 4 aliphatic rings. The van der Waals surface area contributed by atoms with Crippen LogP contribution in [0.3, 0.4) is 0 Å². The number of hydrogen-bond donors (Lipinski definition) is 4. The van der Waals surface area contributed by atoms with Crippen molar-refractivity contribution in [2.75, 3.05) is 0 Å². The van der Waals surface area contributed by atoms with Gasteiger partial charge in [0.05, 0.1) is 17.8 Å².